The third-order valence-electron chi connectivity index (χ3n) is 4.77. The summed E-state index contributed by atoms with van der Waals surface area (Å²) in [6, 6.07) is 4.18. The van der Waals surface area contributed by atoms with Crippen molar-refractivity contribution in [3.63, 3.8) is 0 Å². The second-order valence-corrected chi connectivity index (χ2v) is 6.98. The fraction of sp³-hybridized carbons (Fsp3) is 0.526. The quantitative estimate of drug-likeness (QED) is 0.824. The Morgan fingerprint density at radius 2 is 2.15 bits per heavy atom. The average Bonchev–Trinajstić information content (AvgIpc) is 3.15. The predicted octanol–water partition coefficient (Wildman–Crippen LogP) is 1.97. The molecule has 0 aromatic carbocycles. The number of aromatic nitrogens is 3. The van der Waals surface area contributed by atoms with Crippen LogP contribution in [0.3, 0.4) is 0 Å². The molecule has 1 atom stereocenters. The number of urea groups is 1. The number of hydrogen-bond acceptors (Lipinski definition) is 4. The number of nitrogens with one attached hydrogen (secondary N) is 1. The van der Waals surface area contributed by atoms with Gasteiger partial charge in [0.15, 0.2) is 0 Å². The van der Waals surface area contributed by atoms with E-state index in [1.54, 1.807) is 18.6 Å². The molecule has 1 fully saturated rings. The van der Waals surface area contributed by atoms with Crippen LogP contribution in [-0.2, 0) is 13.1 Å². The van der Waals surface area contributed by atoms with Gasteiger partial charge in [-0.1, -0.05) is 0 Å². The van der Waals surface area contributed by atoms with Crippen LogP contribution in [0.2, 0.25) is 0 Å². The number of imidazole rings is 1. The van der Waals surface area contributed by atoms with E-state index in [9.17, 15) is 4.79 Å². The number of aryl methyl sites for hydroxylation is 1. The fourth-order valence-corrected chi connectivity index (χ4v) is 3.37. The Bertz CT molecular complexity index is 660. The van der Waals surface area contributed by atoms with Crippen molar-refractivity contribution in [1.29, 1.82) is 0 Å². The number of pyridine rings is 1. The summed E-state index contributed by atoms with van der Waals surface area (Å²) in [5.41, 5.74) is 1.10. The van der Waals surface area contributed by atoms with Crippen LogP contribution >= 0.6 is 0 Å². The Morgan fingerprint density at radius 1 is 1.31 bits per heavy atom. The van der Waals surface area contributed by atoms with Crippen LogP contribution in [0.15, 0.2) is 43.2 Å². The molecule has 7 heteroatoms. The van der Waals surface area contributed by atoms with Gasteiger partial charge in [0.25, 0.3) is 0 Å². The van der Waals surface area contributed by atoms with E-state index in [1.165, 1.54) is 0 Å². The normalized spacial score (nSPS) is 17.8. The molecule has 0 saturated carbocycles. The van der Waals surface area contributed by atoms with Gasteiger partial charge in [-0.3, -0.25) is 4.98 Å². The van der Waals surface area contributed by atoms with Crippen molar-refractivity contribution in [2.45, 2.75) is 38.4 Å². The van der Waals surface area contributed by atoms with Gasteiger partial charge in [-0.15, -0.1) is 0 Å². The smallest absolute Gasteiger partial charge is 0.317 e. The molecule has 140 valence electrons. The lowest BCUT2D eigenvalue weighted by atomic mass is 10.1. The lowest BCUT2D eigenvalue weighted by Gasteiger charge is -2.32. The van der Waals surface area contributed by atoms with Crippen molar-refractivity contribution < 1.29 is 4.79 Å². The lowest BCUT2D eigenvalue weighted by Crippen LogP contribution is -2.50. The van der Waals surface area contributed by atoms with E-state index in [-0.39, 0.29) is 12.1 Å². The molecule has 2 aromatic heterocycles. The number of nitrogens with zero attached hydrogens (tertiary/aromatic N) is 5. The average molecular weight is 356 g/mol. The van der Waals surface area contributed by atoms with Crippen molar-refractivity contribution in [1.82, 2.24) is 29.7 Å². The van der Waals surface area contributed by atoms with Crippen LogP contribution in [0, 0.1) is 0 Å². The van der Waals surface area contributed by atoms with Crippen molar-refractivity contribution in [3.8, 4) is 0 Å². The maximum Gasteiger partial charge on any atom is 0.317 e. The molecule has 1 saturated heterocycles. The van der Waals surface area contributed by atoms with E-state index in [2.05, 4.69) is 27.2 Å². The summed E-state index contributed by atoms with van der Waals surface area (Å²) in [7, 11) is 2.11. The fourth-order valence-electron chi connectivity index (χ4n) is 3.37. The third kappa shape index (κ3) is 5.56. The van der Waals surface area contributed by atoms with Crippen molar-refractivity contribution >= 4 is 6.03 Å². The second-order valence-electron chi connectivity index (χ2n) is 6.98. The maximum atomic E-state index is 12.9. The number of amides is 2. The summed E-state index contributed by atoms with van der Waals surface area (Å²) in [6.07, 6.45) is 12.2. The van der Waals surface area contributed by atoms with Crippen molar-refractivity contribution in [2.75, 3.05) is 26.7 Å². The number of carbonyl (C=O) groups is 1. The standard InChI is InChI=1S/C19H28N6O/c1-23-10-2-4-18(15-23)22-19(26)25(14-17-5-7-20-8-6-17)12-3-11-24-13-9-21-16-24/h5-9,13,16,18H,2-4,10-12,14-15H2,1H3,(H,22,26). The molecule has 0 bridgehead atoms. The minimum atomic E-state index is 0.0211. The van der Waals surface area contributed by atoms with Gasteiger partial charge in [0.2, 0.25) is 0 Å². The molecule has 2 aromatic rings. The molecule has 1 aliphatic heterocycles. The molecule has 2 amide bonds. The van der Waals surface area contributed by atoms with E-state index < -0.39 is 0 Å². The third-order valence-corrected chi connectivity index (χ3v) is 4.77. The molecule has 0 radical (unpaired) electrons. The highest BCUT2D eigenvalue weighted by molar-refractivity contribution is 5.74. The topological polar surface area (TPSA) is 66.3 Å². The van der Waals surface area contributed by atoms with E-state index in [4.69, 9.17) is 0 Å². The molecule has 7 nitrogen and oxygen atoms in total. The highest BCUT2D eigenvalue weighted by Crippen LogP contribution is 2.10. The van der Waals surface area contributed by atoms with Gasteiger partial charge in [-0.2, -0.15) is 0 Å². The van der Waals surface area contributed by atoms with Crippen LogP contribution in [0.4, 0.5) is 4.79 Å². The Balaban J connectivity index is 1.58. The number of hydrogen-bond donors (Lipinski definition) is 1. The second kappa shape index (κ2) is 9.33. The van der Waals surface area contributed by atoms with Gasteiger partial charge in [-0.25, -0.2) is 9.78 Å². The monoisotopic (exact) mass is 356 g/mol. The molecule has 1 unspecified atom stereocenters. The van der Waals surface area contributed by atoms with Gasteiger partial charge in [0, 0.05) is 57.0 Å². The summed E-state index contributed by atoms with van der Waals surface area (Å²) in [5.74, 6) is 0. The summed E-state index contributed by atoms with van der Waals surface area (Å²) in [5, 5.41) is 3.22. The predicted molar refractivity (Wildman–Crippen MR) is 101 cm³/mol. The Labute approximate surface area is 155 Å². The summed E-state index contributed by atoms with van der Waals surface area (Å²) in [4.78, 5) is 25.2. The van der Waals surface area contributed by atoms with Gasteiger partial charge in [0.05, 0.1) is 6.33 Å². The molecule has 1 aliphatic rings. The largest absolute Gasteiger partial charge is 0.337 e. The van der Waals surface area contributed by atoms with Gasteiger partial charge in [0.1, 0.15) is 0 Å². The Hall–Kier alpha value is -2.41. The van der Waals surface area contributed by atoms with E-state index >= 15 is 0 Å². The highest BCUT2D eigenvalue weighted by Gasteiger charge is 2.22. The zero-order chi connectivity index (χ0) is 18.2. The minimum absolute atomic E-state index is 0.0211. The number of likely N-dealkylation sites (tertiary alicyclic amines) is 1. The SMILES string of the molecule is CN1CCCC(NC(=O)N(CCCn2ccnc2)Cc2ccncc2)C1. The first kappa shape index (κ1) is 18.4. The highest BCUT2D eigenvalue weighted by atomic mass is 16.2. The van der Waals surface area contributed by atoms with E-state index in [1.807, 2.05) is 34.1 Å². The zero-order valence-corrected chi connectivity index (χ0v) is 15.4. The molecule has 0 aliphatic carbocycles. The first-order valence-corrected chi connectivity index (χ1v) is 9.29. The molecule has 3 rings (SSSR count). The molecule has 0 spiro atoms. The van der Waals surface area contributed by atoms with Gasteiger partial charge < -0.3 is 19.7 Å². The molecule has 3 heterocycles. The van der Waals surface area contributed by atoms with E-state index in [0.717, 1.165) is 44.5 Å². The van der Waals surface area contributed by atoms with Crippen molar-refractivity contribution in [3.05, 3.63) is 48.8 Å². The van der Waals surface area contributed by atoms with Crippen molar-refractivity contribution in [2.24, 2.45) is 0 Å². The number of carbonyl (C=O) groups excluding carboxylic acids is 1. The molecular weight excluding hydrogens is 328 g/mol. The first-order valence-electron chi connectivity index (χ1n) is 9.29. The van der Waals surface area contributed by atoms with Crippen LogP contribution in [0.25, 0.3) is 0 Å². The zero-order valence-electron chi connectivity index (χ0n) is 15.4. The van der Waals surface area contributed by atoms with Crippen LogP contribution in [0.5, 0.6) is 0 Å². The number of likely N-dealkylation sites (N-methyl/N-ethyl adjacent to an activating group) is 1. The Kier molecular flexibility index (Phi) is 6.60. The summed E-state index contributed by atoms with van der Waals surface area (Å²) in [6.45, 7) is 4.18. The van der Waals surface area contributed by atoms with Gasteiger partial charge >= 0.3 is 6.03 Å². The number of piperidine rings is 1. The maximum absolute atomic E-state index is 12.9. The Morgan fingerprint density at radius 3 is 2.88 bits per heavy atom. The van der Waals surface area contributed by atoms with E-state index in [0.29, 0.717) is 13.1 Å². The molecular formula is C19H28N6O. The summed E-state index contributed by atoms with van der Waals surface area (Å²) >= 11 is 0. The van der Waals surface area contributed by atoms with Crippen LogP contribution in [0.1, 0.15) is 24.8 Å². The minimum Gasteiger partial charge on any atom is -0.337 e. The first-order chi connectivity index (χ1) is 12.7. The van der Waals surface area contributed by atoms with Crippen LogP contribution in [-0.4, -0.2) is 63.1 Å². The molecule has 1 N–H and O–H groups in total. The number of rotatable bonds is 7. The van der Waals surface area contributed by atoms with Crippen LogP contribution < -0.4 is 5.32 Å². The molecule has 26 heavy (non-hydrogen) atoms. The summed E-state index contributed by atoms with van der Waals surface area (Å²) < 4.78 is 2.04. The van der Waals surface area contributed by atoms with Gasteiger partial charge in [-0.05, 0) is 50.6 Å². The lowest BCUT2D eigenvalue weighted by molar-refractivity contribution is 0.174.